The quantitative estimate of drug-likeness (QED) is 0.378. The van der Waals surface area contributed by atoms with Crippen LogP contribution in [0.4, 0.5) is 5.69 Å². The summed E-state index contributed by atoms with van der Waals surface area (Å²) in [5, 5.41) is 12.9. The Balaban J connectivity index is 0.000000260. The van der Waals surface area contributed by atoms with Crippen molar-refractivity contribution in [3.05, 3.63) is 72.5 Å². The van der Waals surface area contributed by atoms with Gasteiger partial charge in [0.1, 0.15) is 0 Å². The molecule has 0 atom stereocenters. The SMILES string of the molecule is C/C=C\C=C(C)C.CNc1cc(-c2cc3ccccc3s2)c2[nH]ncc2c1. The zero-order chi connectivity index (χ0) is 19.2. The van der Waals surface area contributed by atoms with Gasteiger partial charge in [-0.2, -0.15) is 5.10 Å². The minimum Gasteiger partial charge on any atom is -0.388 e. The Bertz CT molecular complexity index is 1060. The molecule has 27 heavy (non-hydrogen) atoms. The van der Waals surface area contributed by atoms with Crippen molar-refractivity contribution in [2.75, 3.05) is 12.4 Å². The van der Waals surface area contributed by atoms with Crippen LogP contribution in [-0.4, -0.2) is 17.2 Å². The third-order valence-corrected chi connectivity index (χ3v) is 5.30. The summed E-state index contributed by atoms with van der Waals surface area (Å²) in [6, 6.07) is 15.0. The molecule has 0 bridgehead atoms. The van der Waals surface area contributed by atoms with E-state index >= 15 is 0 Å². The highest BCUT2D eigenvalue weighted by atomic mass is 32.1. The predicted octanol–water partition coefficient (Wildman–Crippen LogP) is 7.02. The van der Waals surface area contributed by atoms with E-state index in [0.717, 1.165) is 16.6 Å². The monoisotopic (exact) mass is 375 g/mol. The molecule has 0 radical (unpaired) electrons. The van der Waals surface area contributed by atoms with Gasteiger partial charge in [-0.15, -0.1) is 11.3 Å². The first-order chi connectivity index (χ1) is 13.1. The summed E-state index contributed by atoms with van der Waals surface area (Å²) in [7, 11) is 1.94. The number of anilines is 1. The molecule has 2 heterocycles. The van der Waals surface area contributed by atoms with Gasteiger partial charge >= 0.3 is 0 Å². The molecule has 4 rings (SSSR count). The molecule has 0 saturated carbocycles. The second-order valence-electron chi connectivity index (χ2n) is 6.53. The van der Waals surface area contributed by atoms with Crippen LogP contribution in [0.5, 0.6) is 0 Å². The molecule has 4 aromatic rings. The number of allylic oxidation sites excluding steroid dienone is 4. The van der Waals surface area contributed by atoms with Crippen molar-refractivity contribution in [3.8, 4) is 10.4 Å². The second kappa shape index (κ2) is 8.69. The Morgan fingerprint density at radius 3 is 2.59 bits per heavy atom. The molecule has 4 heteroatoms. The topological polar surface area (TPSA) is 40.7 Å². The van der Waals surface area contributed by atoms with Gasteiger partial charge in [0.15, 0.2) is 0 Å². The third kappa shape index (κ3) is 4.47. The van der Waals surface area contributed by atoms with Crippen molar-refractivity contribution >= 4 is 38.0 Å². The van der Waals surface area contributed by atoms with Crippen LogP contribution in [0.3, 0.4) is 0 Å². The van der Waals surface area contributed by atoms with Gasteiger partial charge < -0.3 is 5.32 Å². The molecular formula is C23H25N3S. The molecule has 3 nitrogen and oxygen atoms in total. The molecule has 2 aromatic carbocycles. The molecule has 0 fully saturated rings. The van der Waals surface area contributed by atoms with Gasteiger partial charge in [-0.05, 0) is 50.4 Å². The lowest BCUT2D eigenvalue weighted by Gasteiger charge is -2.05. The van der Waals surface area contributed by atoms with E-state index in [0.29, 0.717) is 0 Å². The molecule has 0 amide bonds. The van der Waals surface area contributed by atoms with E-state index in [2.05, 4.69) is 77.9 Å². The normalized spacial score (nSPS) is 10.8. The van der Waals surface area contributed by atoms with Gasteiger partial charge in [0.25, 0.3) is 0 Å². The largest absolute Gasteiger partial charge is 0.388 e. The summed E-state index contributed by atoms with van der Waals surface area (Å²) in [4.78, 5) is 1.26. The smallest absolute Gasteiger partial charge is 0.0738 e. The summed E-state index contributed by atoms with van der Waals surface area (Å²) in [5.74, 6) is 0. The molecule has 0 saturated heterocycles. The number of H-pyrrole nitrogens is 1. The highest BCUT2D eigenvalue weighted by Crippen LogP contribution is 2.37. The van der Waals surface area contributed by atoms with E-state index in [-0.39, 0.29) is 0 Å². The van der Waals surface area contributed by atoms with Crippen LogP contribution in [0.15, 0.2) is 72.5 Å². The molecule has 0 aliphatic rings. The van der Waals surface area contributed by atoms with Crippen LogP contribution in [0, 0.1) is 0 Å². The molecule has 2 aromatic heterocycles. The van der Waals surface area contributed by atoms with Gasteiger partial charge in [-0.25, -0.2) is 0 Å². The number of rotatable bonds is 3. The summed E-state index contributed by atoms with van der Waals surface area (Å²) in [5.41, 5.74) is 4.74. The number of nitrogens with one attached hydrogen (secondary N) is 2. The minimum atomic E-state index is 1.09. The van der Waals surface area contributed by atoms with E-state index in [1.807, 2.05) is 43.7 Å². The minimum absolute atomic E-state index is 1.09. The first-order valence-corrected chi connectivity index (χ1v) is 9.84. The Morgan fingerprint density at radius 1 is 1.11 bits per heavy atom. The second-order valence-corrected chi connectivity index (χ2v) is 7.61. The number of aromatic amines is 1. The number of hydrogen-bond donors (Lipinski definition) is 2. The fourth-order valence-corrected chi connectivity index (χ4v) is 3.88. The van der Waals surface area contributed by atoms with Crippen molar-refractivity contribution in [1.29, 1.82) is 0 Å². The van der Waals surface area contributed by atoms with Crippen molar-refractivity contribution in [2.45, 2.75) is 20.8 Å². The number of nitrogens with zero attached hydrogens (tertiary/aromatic N) is 1. The molecular weight excluding hydrogens is 350 g/mol. The summed E-state index contributed by atoms with van der Waals surface area (Å²) >= 11 is 1.81. The van der Waals surface area contributed by atoms with Crippen molar-refractivity contribution < 1.29 is 0 Å². The highest BCUT2D eigenvalue weighted by Gasteiger charge is 2.10. The maximum Gasteiger partial charge on any atom is 0.0738 e. The number of fused-ring (bicyclic) bond motifs is 2. The Labute approximate surface area is 164 Å². The first kappa shape index (κ1) is 18.9. The number of aromatic nitrogens is 2. The lowest BCUT2D eigenvalue weighted by molar-refractivity contribution is 1.12. The number of benzene rings is 2. The van der Waals surface area contributed by atoms with E-state index in [1.54, 1.807) is 0 Å². The van der Waals surface area contributed by atoms with Gasteiger partial charge in [-0.3, -0.25) is 5.10 Å². The average Bonchev–Trinajstić information content (AvgIpc) is 3.32. The molecule has 2 N–H and O–H groups in total. The first-order valence-electron chi connectivity index (χ1n) is 9.02. The van der Waals surface area contributed by atoms with Crippen LogP contribution in [0.25, 0.3) is 31.4 Å². The van der Waals surface area contributed by atoms with Crippen LogP contribution in [0.2, 0.25) is 0 Å². The fourth-order valence-electron chi connectivity index (χ4n) is 2.80. The highest BCUT2D eigenvalue weighted by molar-refractivity contribution is 7.22. The summed E-state index contributed by atoms with van der Waals surface area (Å²) < 4.78 is 1.31. The van der Waals surface area contributed by atoms with Gasteiger partial charge in [0.05, 0.1) is 11.7 Å². The summed E-state index contributed by atoms with van der Waals surface area (Å²) in [6.07, 6.45) is 8.01. The molecule has 0 unspecified atom stereocenters. The van der Waals surface area contributed by atoms with E-state index < -0.39 is 0 Å². The van der Waals surface area contributed by atoms with Gasteiger partial charge in [-0.1, -0.05) is 42.0 Å². The standard InChI is InChI=1S/C16H13N3S.C7H12/c1-17-12-6-11-9-18-19-16(11)13(8-12)15-7-10-4-2-3-5-14(10)20-15;1-4-5-6-7(2)3/h2-9,17H,1H3,(H,18,19);4-6H,1-3H3/b;5-4-. The van der Waals surface area contributed by atoms with Crippen LogP contribution < -0.4 is 5.32 Å². The fraction of sp³-hybridized carbons (Fsp3) is 0.174. The lowest BCUT2D eigenvalue weighted by atomic mass is 10.1. The number of hydrogen-bond acceptors (Lipinski definition) is 3. The Hall–Kier alpha value is -2.85. The zero-order valence-corrected chi connectivity index (χ0v) is 17.0. The molecule has 138 valence electrons. The summed E-state index contributed by atoms with van der Waals surface area (Å²) in [6.45, 7) is 6.18. The molecule has 0 spiro atoms. The Morgan fingerprint density at radius 2 is 1.93 bits per heavy atom. The average molecular weight is 376 g/mol. The van der Waals surface area contributed by atoms with E-state index in [4.69, 9.17) is 0 Å². The maximum absolute atomic E-state index is 4.17. The predicted molar refractivity (Wildman–Crippen MR) is 121 cm³/mol. The maximum atomic E-state index is 4.17. The van der Waals surface area contributed by atoms with Crippen molar-refractivity contribution in [1.82, 2.24) is 10.2 Å². The molecule has 0 aliphatic heterocycles. The van der Waals surface area contributed by atoms with Crippen LogP contribution in [0.1, 0.15) is 20.8 Å². The van der Waals surface area contributed by atoms with Crippen molar-refractivity contribution in [3.63, 3.8) is 0 Å². The van der Waals surface area contributed by atoms with E-state index in [9.17, 15) is 0 Å². The lowest BCUT2D eigenvalue weighted by Crippen LogP contribution is -1.88. The van der Waals surface area contributed by atoms with Gasteiger partial charge in [0.2, 0.25) is 0 Å². The Kier molecular flexibility index (Phi) is 6.09. The third-order valence-electron chi connectivity index (χ3n) is 4.15. The van der Waals surface area contributed by atoms with Crippen LogP contribution >= 0.6 is 11.3 Å². The molecule has 0 aliphatic carbocycles. The zero-order valence-electron chi connectivity index (χ0n) is 16.2. The van der Waals surface area contributed by atoms with Crippen LogP contribution in [-0.2, 0) is 0 Å². The van der Waals surface area contributed by atoms with E-state index in [1.165, 1.54) is 26.1 Å². The number of thiophene rings is 1. The van der Waals surface area contributed by atoms with Crippen molar-refractivity contribution in [2.24, 2.45) is 0 Å². The van der Waals surface area contributed by atoms with Gasteiger partial charge in [0, 0.05) is 33.3 Å².